The van der Waals surface area contributed by atoms with Crippen LogP contribution in [-0.4, -0.2) is 0 Å². The van der Waals surface area contributed by atoms with Crippen LogP contribution in [0.5, 0.6) is 0 Å². The summed E-state index contributed by atoms with van der Waals surface area (Å²) in [7, 11) is 0. The predicted octanol–water partition coefficient (Wildman–Crippen LogP) is 4.24. The summed E-state index contributed by atoms with van der Waals surface area (Å²) in [6.07, 6.45) is 2.51. The number of rotatable bonds is 3. The van der Waals surface area contributed by atoms with E-state index in [-0.39, 0.29) is 0 Å². The highest BCUT2D eigenvalue weighted by atomic mass is 14.9. The summed E-state index contributed by atoms with van der Waals surface area (Å²) in [6.45, 7) is 5.41. The lowest BCUT2D eigenvalue weighted by Crippen LogP contribution is -2.03. The van der Waals surface area contributed by atoms with Gasteiger partial charge < -0.3 is 11.1 Å². The van der Waals surface area contributed by atoms with Crippen LogP contribution < -0.4 is 11.1 Å². The zero-order chi connectivity index (χ0) is 14.1. The van der Waals surface area contributed by atoms with Gasteiger partial charge in [-0.25, -0.2) is 0 Å². The molecule has 3 rings (SSSR count). The number of hydrogen-bond acceptors (Lipinski definition) is 2. The van der Waals surface area contributed by atoms with Crippen molar-refractivity contribution in [2.24, 2.45) is 0 Å². The van der Waals surface area contributed by atoms with E-state index in [0.717, 1.165) is 18.2 Å². The smallest absolute Gasteiger partial charge is 0.0400 e. The van der Waals surface area contributed by atoms with E-state index < -0.39 is 0 Å². The maximum atomic E-state index is 5.71. The Morgan fingerprint density at radius 1 is 1.15 bits per heavy atom. The number of nitrogens with one attached hydrogen (secondary N) is 1. The van der Waals surface area contributed by atoms with Crippen molar-refractivity contribution >= 4 is 11.4 Å². The number of anilines is 2. The predicted molar refractivity (Wildman–Crippen MR) is 86.1 cm³/mol. The van der Waals surface area contributed by atoms with Gasteiger partial charge in [0.15, 0.2) is 0 Å². The maximum Gasteiger partial charge on any atom is 0.0400 e. The molecule has 0 saturated carbocycles. The Hall–Kier alpha value is -1.96. The van der Waals surface area contributed by atoms with Gasteiger partial charge >= 0.3 is 0 Å². The molecule has 2 aromatic carbocycles. The van der Waals surface area contributed by atoms with Gasteiger partial charge in [-0.05, 0) is 66.1 Å². The van der Waals surface area contributed by atoms with Crippen molar-refractivity contribution < 1.29 is 0 Å². The molecular formula is C18H22N2. The molecular weight excluding hydrogens is 244 g/mol. The van der Waals surface area contributed by atoms with Gasteiger partial charge in [-0.2, -0.15) is 0 Å². The summed E-state index contributed by atoms with van der Waals surface area (Å²) >= 11 is 0. The Kier molecular flexibility index (Phi) is 3.39. The first kappa shape index (κ1) is 13.0. The summed E-state index contributed by atoms with van der Waals surface area (Å²) < 4.78 is 0. The van der Waals surface area contributed by atoms with Gasteiger partial charge in [-0.1, -0.05) is 25.1 Å². The molecule has 0 radical (unpaired) electrons. The van der Waals surface area contributed by atoms with Crippen molar-refractivity contribution in [2.45, 2.75) is 39.2 Å². The molecule has 3 N–H and O–H groups in total. The van der Waals surface area contributed by atoms with E-state index in [1.54, 1.807) is 11.1 Å². The summed E-state index contributed by atoms with van der Waals surface area (Å²) in [5.74, 6) is 0.717. The van der Waals surface area contributed by atoms with Crippen molar-refractivity contribution in [1.29, 1.82) is 0 Å². The van der Waals surface area contributed by atoms with Crippen LogP contribution in [0.15, 0.2) is 36.4 Å². The first-order valence-corrected chi connectivity index (χ1v) is 7.36. The quantitative estimate of drug-likeness (QED) is 0.815. The van der Waals surface area contributed by atoms with Gasteiger partial charge in [-0.15, -0.1) is 0 Å². The van der Waals surface area contributed by atoms with Crippen molar-refractivity contribution in [1.82, 2.24) is 0 Å². The topological polar surface area (TPSA) is 38.0 Å². The van der Waals surface area contributed by atoms with E-state index in [2.05, 4.69) is 43.4 Å². The Morgan fingerprint density at radius 3 is 2.65 bits per heavy atom. The highest BCUT2D eigenvalue weighted by molar-refractivity contribution is 5.58. The molecule has 1 unspecified atom stereocenters. The average Bonchev–Trinajstić information content (AvgIpc) is 2.82. The molecule has 0 aromatic heterocycles. The Labute approximate surface area is 121 Å². The molecule has 104 valence electrons. The average molecular weight is 266 g/mol. The molecule has 1 aliphatic rings. The zero-order valence-electron chi connectivity index (χ0n) is 12.2. The van der Waals surface area contributed by atoms with E-state index in [0.29, 0.717) is 0 Å². The number of nitrogen functional groups attached to an aromatic ring is 1. The van der Waals surface area contributed by atoms with Crippen LogP contribution in [0.2, 0.25) is 0 Å². The third-order valence-corrected chi connectivity index (χ3v) is 4.46. The molecule has 0 amide bonds. The lowest BCUT2D eigenvalue weighted by Gasteiger charge is -2.14. The molecule has 1 aliphatic carbocycles. The first-order chi connectivity index (χ1) is 9.65. The molecule has 0 heterocycles. The van der Waals surface area contributed by atoms with Crippen molar-refractivity contribution in [3.8, 4) is 0 Å². The Bertz CT molecular complexity index is 614. The Balaban J connectivity index is 1.77. The van der Waals surface area contributed by atoms with Crippen molar-refractivity contribution in [3.05, 3.63) is 58.7 Å². The van der Waals surface area contributed by atoms with Crippen molar-refractivity contribution in [3.63, 3.8) is 0 Å². The third kappa shape index (κ3) is 2.38. The molecule has 0 aliphatic heterocycles. The molecule has 0 fully saturated rings. The number of fused-ring (bicyclic) bond motifs is 1. The van der Waals surface area contributed by atoms with E-state index in [9.17, 15) is 0 Å². The molecule has 2 aromatic rings. The molecule has 2 nitrogen and oxygen atoms in total. The van der Waals surface area contributed by atoms with E-state index in [4.69, 9.17) is 5.73 Å². The minimum atomic E-state index is 0.717. The summed E-state index contributed by atoms with van der Waals surface area (Å²) in [5, 5.41) is 3.55. The Morgan fingerprint density at radius 2 is 1.90 bits per heavy atom. The molecule has 2 heteroatoms. The van der Waals surface area contributed by atoms with Crippen LogP contribution in [0.3, 0.4) is 0 Å². The molecule has 20 heavy (non-hydrogen) atoms. The first-order valence-electron chi connectivity index (χ1n) is 7.36. The summed E-state index contributed by atoms with van der Waals surface area (Å²) in [5.41, 5.74) is 13.6. The van der Waals surface area contributed by atoms with Gasteiger partial charge in [0.05, 0.1) is 0 Å². The largest absolute Gasteiger partial charge is 0.399 e. The van der Waals surface area contributed by atoms with Crippen LogP contribution >= 0.6 is 0 Å². The molecule has 0 saturated heterocycles. The lowest BCUT2D eigenvalue weighted by atomic mass is 9.99. The number of nitrogens with two attached hydrogens (primary N) is 1. The fourth-order valence-electron chi connectivity index (χ4n) is 3.11. The molecule has 0 bridgehead atoms. The molecule has 0 spiro atoms. The van der Waals surface area contributed by atoms with E-state index >= 15 is 0 Å². The van der Waals surface area contributed by atoms with E-state index in [1.165, 1.54) is 29.7 Å². The second-order valence-corrected chi connectivity index (χ2v) is 5.84. The van der Waals surface area contributed by atoms with E-state index in [1.807, 2.05) is 12.1 Å². The maximum absolute atomic E-state index is 5.71. The summed E-state index contributed by atoms with van der Waals surface area (Å²) in [6, 6.07) is 12.6. The van der Waals surface area contributed by atoms with Crippen molar-refractivity contribution in [2.75, 3.05) is 11.1 Å². The minimum absolute atomic E-state index is 0.717. The van der Waals surface area contributed by atoms with Crippen LogP contribution in [0, 0.1) is 6.92 Å². The fraction of sp³-hybridized carbons (Fsp3) is 0.333. The fourth-order valence-corrected chi connectivity index (χ4v) is 3.11. The van der Waals surface area contributed by atoms with Gasteiger partial charge in [-0.3, -0.25) is 0 Å². The van der Waals surface area contributed by atoms with Gasteiger partial charge in [0.2, 0.25) is 0 Å². The van der Waals surface area contributed by atoms with Crippen LogP contribution in [0.1, 0.15) is 41.5 Å². The highest BCUT2D eigenvalue weighted by Crippen LogP contribution is 2.37. The SMILES string of the molecule is Cc1c(NCc2ccc(N)cc2)ccc2c1CCC2C. The van der Waals surface area contributed by atoms with Crippen LogP contribution in [-0.2, 0) is 13.0 Å². The second kappa shape index (κ2) is 5.20. The normalized spacial score (nSPS) is 17.0. The lowest BCUT2D eigenvalue weighted by molar-refractivity contribution is 0.747. The van der Waals surface area contributed by atoms with Gasteiger partial charge in [0.25, 0.3) is 0 Å². The third-order valence-electron chi connectivity index (χ3n) is 4.46. The zero-order valence-corrected chi connectivity index (χ0v) is 12.2. The second-order valence-electron chi connectivity index (χ2n) is 5.84. The highest BCUT2D eigenvalue weighted by Gasteiger charge is 2.21. The van der Waals surface area contributed by atoms with Gasteiger partial charge in [0.1, 0.15) is 0 Å². The monoisotopic (exact) mass is 266 g/mol. The molecule has 1 atom stereocenters. The number of benzene rings is 2. The van der Waals surface area contributed by atoms with Crippen LogP contribution in [0.4, 0.5) is 11.4 Å². The van der Waals surface area contributed by atoms with Crippen LogP contribution in [0.25, 0.3) is 0 Å². The number of hydrogen-bond donors (Lipinski definition) is 2. The summed E-state index contributed by atoms with van der Waals surface area (Å²) in [4.78, 5) is 0. The van der Waals surface area contributed by atoms with Gasteiger partial charge in [0, 0.05) is 17.9 Å². The minimum Gasteiger partial charge on any atom is -0.399 e. The standard InChI is InChI=1S/C18H22N2/c1-12-3-8-17-13(2)18(10-9-16(12)17)20-11-14-4-6-15(19)7-5-14/h4-7,9-10,12,20H,3,8,11,19H2,1-2H3.